The second-order valence-electron chi connectivity index (χ2n) is 3.94. The van der Waals surface area contributed by atoms with Crippen molar-refractivity contribution in [2.24, 2.45) is 0 Å². The number of rotatable bonds is 1. The molecule has 0 amide bonds. The lowest BCUT2D eigenvalue weighted by Gasteiger charge is -1.94. The first-order valence-electron chi connectivity index (χ1n) is 5.15. The molecule has 0 saturated carbocycles. The molecule has 3 aromatic rings. The zero-order chi connectivity index (χ0) is 12.9. The van der Waals surface area contributed by atoms with Crippen molar-refractivity contribution in [2.45, 2.75) is 6.92 Å². The van der Waals surface area contributed by atoms with E-state index in [0.717, 1.165) is 32.5 Å². The first-order chi connectivity index (χ1) is 8.54. The number of nitrogens with zero attached hydrogens (tertiary/aromatic N) is 1. The molecule has 1 N–H and O–H groups in total. The lowest BCUT2D eigenvalue weighted by Crippen LogP contribution is -1.77. The smallest absolute Gasteiger partial charge is 0.140 e. The van der Waals surface area contributed by atoms with Gasteiger partial charge in [-0.25, -0.2) is 4.98 Å². The van der Waals surface area contributed by atoms with Crippen molar-refractivity contribution in [1.82, 2.24) is 9.97 Å². The van der Waals surface area contributed by atoms with Gasteiger partial charge in [0.15, 0.2) is 0 Å². The molecule has 2 nitrogen and oxygen atoms in total. The van der Waals surface area contributed by atoms with Gasteiger partial charge in [-0.1, -0.05) is 39.1 Å². The fourth-order valence-corrected chi connectivity index (χ4v) is 3.91. The largest absolute Gasteiger partial charge is 0.338 e. The molecule has 0 fully saturated rings. The van der Waals surface area contributed by atoms with Crippen molar-refractivity contribution < 1.29 is 0 Å². The highest BCUT2D eigenvalue weighted by molar-refractivity contribution is 9.10. The van der Waals surface area contributed by atoms with Crippen LogP contribution in [0, 0.1) is 6.92 Å². The third-order valence-corrected chi connectivity index (χ3v) is 4.60. The van der Waals surface area contributed by atoms with Crippen molar-refractivity contribution in [3.63, 3.8) is 0 Å². The maximum Gasteiger partial charge on any atom is 0.140 e. The van der Waals surface area contributed by atoms with Crippen LogP contribution in [0.15, 0.2) is 22.7 Å². The molecule has 3 rings (SSSR count). The monoisotopic (exact) mass is 360 g/mol. The van der Waals surface area contributed by atoms with E-state index in [1.54, 1.807) is 0 Å². The molecule has 0 spiro atoms. The van der Waals surface area contributed by atoms with E-state index in [1.807, 2.05) is 25.1 Å². The highest BCUT2D eigenvalue weighted by Crippen LogP contribution is 2.38. The van der Waals surface area contributed by atoms with E-state index in [2.05, 4.69) is 25.9 Å². The number of imidazole rings is 1. The number of nitrogens with one attached hydrogen (secondary N) is 1. The Hall–Kier alpha value is -0.550. The van der Waals surface area contributed by atoms with Gasteiger partial charge in [-0.3, -0.25) is 0 Å². The third-order valence-electron chi connectivity index (χ3n) is 2.65. The fraction of sp³-hybridized carbons (Fsp3) is 0.0833. The molecule has 18 heavy (non-hydrogen) atoms. The average Bonchev–Trinajstić information content (AvgIpc) is 2.81. The highest BCUT2D eigenvalue weighted by Gasteiger charge is 2.13. The van der Waals surface area contributed by atoms with E-state index in [4.69, 9.17) is 23.2 Å². The predicted octanol–water partition coefficient (Wildman–Crippen LogP) is 5.67. The van der Waals surface area contributed by atoms with E-state index in [0.29, 0.717) is 8.67 Å². The Bertz CT molecular complexity index is 748. The van der Waals surface area contributed by atoms with Crippen LogP contribution in [0.4, 0.5) is 0 Å². The molecule has 0 unspecified atom stereocenters. The Labute approximate surface area is 126 Å². The molecular weight excluding hydrogens is 355 g/mol. The minimum Gasteiger partial charge on any atom is -0.338 e. The van der Waals surface area contributed by atoms with Crippen LogP contribution >= 0.6 is 50.5 Å². The van der Waals surface area contributed by atoms with Gasteiger partial charge in [0.1, 0.15) is 10.2 Å². The predicted molar refractivity (Wildman–Crippen MR) is 81.9 cm³/mol. The molecule has 2 aromatic heterocycles. The SMILES string of the molecule is Cc1cc(Br)cc2[nH]c(-c3cc(Cl)sc3Cl)nc12. The molecule has 0 saturated heterocycles. The minimum atomic E-state index is 0.649. The van der Waals surface area contributed by atoms with E-state index in [9.17, 15) is 0 Å². The maximum atomic E-state index is 6.14. The zero-order valence-corrected chi connectivity index (χ0v) is 13.1. The minimum absolute atomic E-state index is 0.649. The Morgan fingerprint density at radius 2 is 2.06 bits per heavy atom. The molecule has 0 atom stereocenters. The summed E-state index contributed by atoms with van der Waals surface area (Å²) in [5, 5.41) is 0. The molecule has 6 heteroatoms. The molecule has 0 bridgehead atoms. The molecule has 0 aliphatic carbocycles. The molecular formula is C12H7BrCl2N2S. The van der Waals surface area contributed by atoms with Crippen LogP contribution in [0.2, 0.25) is 8.67 Å². The van der Waals surface area contributed by atoms with Gasteiger partial charge in [0, 0.05) is 10.0 Å². The van der Waals surface area contributed by atoms with E-state index in [-0.39, 0.29) is 0 Å². The lowest BCUT2D eigenvalue weighted by atomic mass is 10.2. The number of halogens is 3. The number of aryl methyl sites for hydroxylation is 1. The number of fused-ring (bicyclic) bond motifs is 1. The van der Waals surface area contributed by atoms with Gasteiger partial charge < -0.3 is 4.98 Å². The van der Waals surface area contributed by atoms with Crippen LogP contribution in [0.1, 0.15) is 5.56 Å². The van der Waals surface area contributed by atoms with Crippen molar-refractivity contribution in [3.8, 4) is 11.4 Å². The van der Waals surface area contributed by atoms with Crippen molar-refractivity contribution in [1.29, 1.82) is 0 Å². The van der Waals surface area contributed by atoms with Crippen molar-refractivity contribution in [3.05, 3.63) is 36.9 Å². The van der Waals surface area contributed by atoms with Crippen molar-refractivity contribution in [2.75, 3.05) is 0 Å². The number of hydrogen-bond acceptors (Lipinski definition) is 2. The molecule has 92 valence electrons. The van der Waals surface area contributed by atoms with Gasteiger partial charge in [0.05, 0.1) is 15.4 Å². The maximum absolute atomic E-state index is 6.14. The summed E-state index contributed by atoms with van der Waals surface area (Å²) in [4.78, 5) is 7.86. The number of aromatic nitrogens is 2. The van der Waals surface area contributed by atoms with Crippen LogP contribution in [-0.4, -0.2) is 9.97 Å². The first kappa shape index (κ1) is 12.5. The quantitative estimate of drug-likeness (QED) is 0.594. The summed E-state index contributed by atoms with van der Waals surface area (Å²) in [5.41, 5.74) is 3.89. The topological polar surface area (TPSA) is 28.7 Å². The Balaban J connectivity index is 2.25. The molecule has 1 aromatic carbocycles. The third kappa shape index (κ3) is 2.07. The highest BCUT2D eigenvalue weighted by atomic mass is 79.9. The van der Waals surface area contributed by atoms with Gasteiger partial charge >= 0.3 is 0 Å². The average molecular weight is 362 g/mol. The van der Waals surface area contributed by atoms with Crippen LogP contribution in [0.5, 0.6) is 0 Å². The fourth-order valence-electron chi connectivity index (χ4n) is 1.88. The van der Waals surface area contributed by atoms with E-state index >= 15 is 0 Å². The van der Waals surface area contributed by atoms with Crippen molar-refractivity contribution >= 4 is 61.5 Å². The zero-order valence-electron chi connectivity index (χ0n) is 9.22. The molecule has 0 aliphatic rings. The molecule has 0 radical (unpaired) electrons. The summed E-state index contributed by atoms with van der Waals surface area (Å²) in [5.74, 6) is 0.749. The lowest BCUT2D eigenvalue weighted by molar-refractivity contribution is 1.34. The van der Waals surface area contributed by atoms with Gasteiger partial charge in [-0.05, 0) is 30.7 Å². The van der Waals surface area contributed by atoms with E-state index in [1.165, 1.54) is 11.3 Å². The summed E-state index contributed by atoms with van der Waals surface area (Å²) < 4.78 is 2.33. The van der Waals surface area contributed by atoms with Crippen LogP contribution in [0.25, 0.3) is 22.4 Å². The number of aromatic amines is 1. The first-order valence-corrected chi connectivity index (χ1v) is 7.52. The van der Waals surface area contributed by atoms with Gasteiger partial charge in [-0.2, -0.15) is 0 Å². The Kier molecular flexibility index (Phi) is 3.14. The Morgan fingerprint density at radius 3 is 2.72 bits per heavy atom. The number of benzene rings is 1. The summed E-state index contributed by atoms with van der Waals surface area (Å²) in [6, 6.07) is 5.87. The number of hydrogen-bond donors (Lipinski definition) is 1. The summed E-state index contributed by atoms with van der Waals surface area (Å²) >= 11 is 16.9. The summed E-state index contributed by atoms with van der Waals surface area (Å²) in [7, 11) is 0. The number of H-pyrrole nitrogens is 1. The Morgan fingerprint density at radius 1 is 1.28 bits per heavy atom. The summed E-state index contributed by atoms with van der Waals surface area (Å²) in [6.07, 6.45) is 0. The van der Waals surface area contributed by atoms with Crippen LogP contribution in [-0.2, 0) is 0 Å². The second kappa shape index (κ2) is 4.53. The second-order valence-corrected chi connectivity index (χ2v) is 7.14. The van der Waals surface area contributed by atoms with Gasteiger partial charge in [0.2, 0.25) is 0 Å². The molecule has 0 aliphatic heterocycles. The standard InChI is InChI=1S/C12H7BrCl2N2S/c1-5-2-6(13)3-8-10(5)17-12(16-8)7-4-9(14)18-11(7)15/h2-4H,1H3,(H,16,17). The van der Waals surface area contributed by atoms with Gasteiger partial charge in [-0.15, -0.1) is 11.3 Å². The van der Waals surface area contributed by atoms with E-state index < -0.39 is 0 Å². The summed E-state index contributed by atoms with van der Waals surface area (Å²) in [6.45, 7) is 2.03. The van der Waals surface area contributed by atoms with Crippen LogP contribution < -0.4 is 0 Å². The van der Waals surface area contributed by atoms with Gasteiger partial charge in [0.25, 0.3) is 0 Å². The van der Waals surface area contributed by atoms with Crippen LogP contribution in [0.3, 0.4) is 0 Å². The number of thiophene rings is 1. The molecule has 2 heterocycles. The normalized spacial score (nSPS) is 11.3.